The van der Waals surface area contributed by atoms with Gasteiger partial charge in [0.15, 0.2) is 0 Å². The van der Waals surface area contributed by atoms with Gasteiger partial charge in [-0.15, -0.1) is 11.8 Å². The van der Waals surface area contributed by atoms with Crippen molar-refractivity contribution in [2.24, 2.45) is 0 Å². The van der Waals surface area contributed by atoms with Crippen molar-refractivity contribution in [2.45, 2.75) is 43.7 Å². The number of rotatable bonds is 8. The lowest BCUT2D eigenvalue weighted by molar-refractivity contribution is -0.127. The van der Waals surface area contributed by atoms with Crippen LogP contribution in [0.25, 0.3) is 0 Å². The number of nitrogens with one attached hydrogen (secondary N) is 1. The molecule has 0 saturated heterocycles. The predicted octanol–water partition coefficient (Wildman–Crippen LogP) is 2.90. The summed E-state index contributed by atoms with van der Waals surface area (Å²) in [6.45, 7) is 4.11. The van der Waals surface area contributed by atoms with E-state index in [1.165, 1.54) is 23.3 Å². The molecule has 1 fully saturated rings. The van der Waals surface area contributed by atoms with Gasteiger partial charge >= 0.3 is 0 Å². The molecule has 3 nitrogen and oxygen atoms in total. The summed E-state index contributed by atoms with van der Waals surface area (Å²) < 4.78 is 0. The number of benzene rings is 1. The topological polar surface area (TPSA) is 32.3 Å². The molecule has 0 unspecified atom stereocenters. The van der Waals surface area contributed by atoms with Crippen LogP contribution >= 0.6 is 11.8 Å². The number of amides is 1. The van der Waals surface area contributed by atoms with Crippen molar-refractivity contribution in [3.05, 3.63) is 29.8 Å². The maximum atomic E-state index is 12.0. The SMILES string of the molecule is CCCNCc1cccc(SCC(=O)N(C)C2CC2)c1. The molecule has 0 aromatic heterocycles. The molecule has 1 N–H and O–H groups in total. The number of nitrogens with zero attached hydrogens (tertiary/aromatic N) is 1. The standard InChI is InChI=1S/C16H24N2OS/c1-3-9-17-11-13-5-4-6-15(10-13)20-12-16(19)18(2)14-7-8-14/h4-6,10,14,17H,3,7-9,11-12H2,1-2H3. The second-order valence-corrected chi connectivity index (χ2v) is 6.40. The van der Waals surface area contributed by atoms with E-state index in [1.807, 2.05) is 11.9 Å². The van der Waals surface area contributed by atoms with Gasteiger partial charge in [-0.25, -0.2) is 0 Å². The van der Waals surface area contributed by atoms with E-state index in [1.54, 1.807) is 11.8 Å². The highest BCUT2D eigenvalue weighted by molar-refractivity contribution is 8.00. The van der Waals surface area contributed by atoms with Gasteiger partial charge in [-0.3, -0.25) is 4.79 Å². The fraction of sp³-hybridized carbons (Fsp3) is 0.562. The van der Waals surface area contributed by atoms with Gasteiger partial charge in [-0.2, -0.15) is 0 Å². The van der Waals surface area contributed by atoms with Crippen LogP contribution in [0.4, 0.5) is 0 Å². The van der Waals surface area contributed by atoms with Crippen LogP contribution in [0.5, 0.6) is 0 Å². The quantitative estimate of drug-likeness (QED) is 0.590. The third-order valence-electron chi connectivity index (χ3n) is 3.50. The van der Waals surface area contributed by atoms with E-state index in [2.05, 4.69) is 36.5 Å². The summed E-state index contributed by atoms with van der Waals surface area (Å²) >= 11 is 1.64. The maximum Gasteiger partial charge on any atom is 0.232 e. The number of thioether (sulfide) groups is 1. The second-order valence-electron chi connectivity index (χ2n) is 5.35. The van der Waals surface area contributed by atoms with Crippen molar-refractivity contribution < 1.29 is 4.79 Å². The zero-order valence-corrected chi connectivity index (χ0v) is 13.2. The van der Waals surface area contributed by atoms with Gasteiger partial charge in [0.2, 0.25) is 5.91 Å². The molecule has 0 radical (unpaired) electrons. The summed E-state index contributed by atoms with van der Waals surface area (Å²) in [6.07, 6.45) is 3.49. The number of carbonyl (C=O) groups excluding carboxylic acids is 1. The molecule has 0 atom stereocenters. The largest absolute Gasteiger partial charge is 0.342 e. The van der Waals surface area contributed by atoms with Gasteiger partial charge < -0.3 is 10.2 Å². The van der Waals surface area contributed by atoms with Crippen LogP contribution in [0.1, 0.15) is 31.7 Å². The molecule has 1 amide bonds. The summed E-state index contributed by atoms with van der Waals surface area (Å²) in [7, 11) is 1.92. The molecule has 0 aliphatic heterocycles. The Labute approximate surface area is 126 Å². The monoisotopic (exact) mass is 292 g/mol. The van der Waals surface area contributed by atoms with E-state index in [0.717, 1.165) is 19.5 Å². The van der Waals surface area contributed by atoms with Crippen LogP contribution in [0.15, 0.2) is 29.2 Å². The van der Waals surface area contributed by atoms with Crippen molar-refractivity contribution in [2.75, 3.05) is 19.3 Å². The predicted molar refractivity (Wildman–Crippen MR) is 85.0 cm³/mol. The summed E-state index contributed by atoms with van der Waals surface area (Å²) in [5.41, 5.74) is 1.28. The normalized spacial score (nSPS) is 14.3. The molecular weight excluding hydrogens is 268 g/mol. The van der Waals surface area contributed by atoms with Gasteiger partial charge in [0.1, 0.15) is 0 Å². The molecular formula is C16H24N2OS. The minimum absolute atomic E-state index is 0.243. The van der Waals surface area contributed by atoms with Crippen molar-refractivity contribution >= 4 is 17.7 Å². The van der Waals surface area contributed by atoms with Crippen molar-refractivity contribution in [3.63, 3.8) is 0 Å². The Morgan fingerprint density at radius 1 is 1.45 bits per heavy atom. The molecule has 0 heterocycles. The van der Waals surface area contributed by atoms with Crippen LogP contribution in [0.2, 0.25) is 0 Å². The number of carbonyl (C=O) groups is 1. The average molecular weight is 292 g/mol. The van der Waals surface area contributed by atoms with Crippen LogP contribution in [-0.4, -0.2) is 36.2 Å². The molecule has 0 spiro atoms. The summed E-state index contributed by atoms with van der Waals surface area (Å²) in [5.74, 6) is 0.783. The van der Waals surface area contributed by atoms with Crippen LogP contribution in [0, 0.1) is 0 Å². The first-order chi connectivity index (χ1) is 9.70. The smallest absolute Gasteiger partial charge is 0.232 e. The average Bonchev–Trinajstić information content (AvgIpc) is 3.29. The molecule has 0 bridgehead atoms. The molecule has 1 aromatic carbocycles. The molecule has 1 aliphatic carbocycles. The number of hydrogen-bond donors (Lipinski definition) is 1. The fourth-order valence-electron chi connectivity index (χ4n) is 2.07. The van der Waals surface area contributed by atoms with Crippen molar-refractivity contribution in [3.8, 4) is 0 Å². The zero-order valence-electron chi connectivity index (χ0n) is 12.4. The van der Waals surface area contributed by atoms with E-state index >= 15 is 0 Å². The highest BCUT2D eigenvalue weighted by atomic mass is 32.2. The Bertz CT molecular complexity index is 446. The van der Waals surface area contributed by atoms with Crippen molar-refractivity contribution in [1.29, 1.82) is 0 Å². The van der Waals surface area contributed by atoms with E-state index in [0.29, 0.717) is 11.8 Å². The first kappa shape index (κ1) is 15.4. The van der Waals surface area contributed by atoms with Crippen LogP contribution in [-0.2, 0) is 11.3 Å². The summed E-state index contributed by atoms with van der Waals surface area (Å²) in [5, 5.41) is 3.40. The third kappa shape index (κ3) is 4.84. The molecule has 2 rings (SSSR count). The van der Waals surface area contributed by atoms with Gasteiger partial charge in [0.25, 0.3) is 0 Å². The minimum atomic E-state index is 0.243. The molecule has 1 aliphatic rings. The molecule has 110 valence electrons. The maximum absolute atomic E-state index is 12.0. The highest BCUT2D eigenvalue weighted by Crippen LogP contribution is 2.27. The lowest BCUT2D eigenvalue weighted by Gasteiger charge is -2.15. The highest BCUT2D eigenvalue weighted by Gasteiger charge is 2.29. The van der Waals surface area contributed by atoms with Crippen molar-refractivity contribution in [1.82, 2.24) is 10.2 Å². The van der Waals surface area contributed by atoms with Gasteiger partial charge in [0.05, 0.1) is 5.75 Å². The Kier molecular flexibility index (Phi) is 5.92. The Morgan fingerprint density at radius 2 is 2.25 bits per heavy atom. The van der Waals surface area contributed by atoms with E-state index < -0.39 is 0 Å². The lowest BCUT2D eigenvalue weighted by Crippen LogP contribution is -2.30. The Hall–Kier alpha value is -1.00. The van der Waals surface area contributed by atoms with E-state index in [9.17, 15) is 4.79 Å². The number of hydrogen-bond acceptors (Lipinski definition) is 3. The molecule has 20 heavy (non-hydrogen) atoms. The minimum Gasteiger partial charge on any atom is -0.342 e. The summed E-state index contributed by atoms with van der Waals surface area (Å²) in [4.78, 5) is 15.1. The van der Waals surface area contributed by atoms with Gasteiger partial charge in [-0.05, 0) is 43.5 Å². The van der Waals surface area contributed by atoms with Gasteiger partial charge in [-0.1, -0.05) is 19.1 Å². The van der Waals surface area contributed by atoms with Crippen LogP contribution in [0.3, 0.4) is 0 Å². The first-order valence-electron chi connectivity index (χ1n) is 7.39. The van der Waals surface area contributed by atoms with E-state index in [-0.39, 0.29) is 5.91 Å². The van der Waals surface area contributed by atoms with E-state index in [4.69, 9.17) is 0 Å². The lowest BCUT2D eigenvalue weighted by atomic mass is 10.2. The Balaban J connectivity index is 1.79. The second kappa shape index (κ2) is 7.70. The zero-order chi connectivity index (χ0) is 14.4. The van der Waals surface area contributed by atoms with Gasteiger partial charge in [0, 0.05) is 24.5 Å². The molecule has 4 heteroatoms. The first-order valence-corrected chi connectivity index (χ1v) is 8.37. The summed E-state index contributed by atoms with van der Waals surface area (Å²) in [6, 6.07) is 8.97. The third-order valence-corrected chi connectivity index (χ3v) is 4.48. The van der Waals surface area contributed by atoms with Crippen LogP contribution < -0.4 is 5.32 Å². The molecule has 1 saturated carbocycles. The fourth-order valence-corrected chi connectivity index (χ4v) is 2.97. The molecule has 1 aromatic rings. The Morgan fingerprint density at radius 3 is 2.95 bits per heavy atom.